The van der Waals surface area contributed by atoms with Gasteiger partial charge in [-0.15, -0.1) is 24.0 Å². The fourth-order valence-electron chi connectivity index (χ4n) is 3.18. The molecule has 0 radical (unpaired) electrons. The number of ether oxygens (including phenoxy) is 1. The maximum absolute atomic E-state index is 5.68. The molecule has 1 heterocycles. The van der Waals surface area contributed by atoms with Gasteiger partial charge in [0.15, 0.2) is 5.96 Å². The van der Waals surface area contributed by atoms with Crippen LogP contribution in [0.1, 0.15) is 38.7 Å². The second-order valence-corrected chi connectivity index (χ2v) is 6.70. The number of halogens is 1. The summed E-state index contributed by atoms with van der Waals surface area (Å²) in [6.07, 6.45) is 3.84. The van der Waals surface area contributed by atoms with E-state index in [1.807, 2.05) is 25.1 Å². The molecule has 1 aliphatic heterocycles. The summed E-state index contributed by atoms with van der Waals surface area (Å²) in [6, 6.07) is 8.13. The average Bonchev–Trinajstić information content (AvgIpc) is 2.62. The van der Waals surface area contributed by atoms with Crippen molar-refractivity contribution < 1.29 is 4.74 Å². The number of nitrogens with one attached hydrogen (secondary N) is 2. The topological polar surface area (TPSA) is 48.9 Å². The number of piperidine rings is 1. The summed E-state index contributed by atoms with van der Waals surface area (Å²) in [5, 5.41) is 6.82. The highest BCUT2D eigenvalue weighted by Crippen LogP contribution is 2.19. The Balaban J connectivity index is 0.00000338. The predicted octanol–water partition coefficient (Wildman–Crippen LogP) is 3.49. The van der Waals surface area contributed by atoms with Gasteiger partial charge < -0.3 is 20.3 Å². The number of rotatable bonds is 8. The maximum atomic E-state index is 5.68. The third-order valence-electron chi connectivity index (χ3n) is 4.71. The highest BCUT2D eigenvalue weighted by molar-refractivity contribution is 14.0. The van der Waals surface area contributed by atoms with Crippen LogP contribution in [0.4, 0.5) is 0 Å². The lowest BCUT2D eigenvalue weighted by molar-refractivity contribution is 0.213. The van der Waals surface area contributed by atoms with Gasteiger partial charge in [0, 0.05) is 18.7 Å². The van der Waals surface area contributed by atoms with Crippen LogP contribution in [0.25, 0.3) is 0 Å². The standard InChI is InChI=1S/C20H34N4O.HI/c1-4-21-20(22-13-10-17-11-14-24(3)15-12-17)23-16-18-8-6-7-9-19(18)25-5-2;/h6-9,17H,4-5,10-16H2,1-3H3,(H2,21,22,23);1H. The van der Waals surface area contributed by atoms with Crippen molar-refractivity contribution in [2.45, 2.75) is 39.7 Å². The van der Waals surface area contributed by atoms with E-state index in [1.165, 1.54) is 32.4 Å². The molecule has 148 valence electrons. The lowest BCUT2D eigenvalue weighted by Crippen LogP contribution is -2.39. The summed E-state index contributed by atoms with van der Waals surface area (Å²) in [6.45, 7) is 9.72. The normalized spacial score (nSPS) is 16.0. The van der Waals surface area contributed by atoms with Crippen molar-refractivity contribution in [2.24, 2.45) is 10.9 Å². The Bertz CT molecular complexity index is 530. The molecule has 0 unspecified atom stereocenters. The van der Waals surface area contributed by atoms with Gasteiger partial charge in [-0.25, -0.2) is 4.99 Å². The monoisotopic (exact) mass is 474 g/mol. The zero-order valence-corrected chi connectivity index (χ0v) is 18.8. The van der Waals surface area contributed by atoms with Gasteiger partial charge in [0.1, 0.15) is 5.75 Å². The van der Waals surface area contributed by atoms with Gasteiger partial charge in [-0.05, 0) is 65.2 Å². The molecule has 0 spiro atoms. The molecule has 0 saturated carbocycles. The van der Waals surface area contributed by atoms with Gasteiger partial charge in [0.05, 0.1) is 13.2 Å². The van der Waals surface area contributed by atoms with Crippen LogP contribution >= 0.6 is 24.0 Å². The van der Waals surface area contributed by atoms with Crippen LogP contribution in [-0.2, 0) is 6.54 Å². The number of guanidine groups is 1. The summed E-state index contributed by atoms with van der Waals surface area (Å²) in [4.78, 5) is 7.15. The van der Waals surface area contributed by atoms with Crippen molar-refractivity contribution in [3.05, 3.63) is 29.8 Å². The number of para-hydroxylation sites is 1. The Hall–Kier alpha value is -1.02. The van der Waals surface area contributed by atoms with Crippen molar-refractivity contribution in [2.75, 3.05) is 39.8 Å². The molecule has 2 rings (SSSR count). The molecule has 1 saturated heterocycles. The van der Waals surface area contributed by atoms with Crippen LogP contribution in [0.2, 0.25) is 0 Å². The first-order chi connectivity index (χ1) is 12.2. The molecule has 5 nitrogen and oxygen atoms in total. The van der Waals surface area contributed by atoms with Crippen molar-refractivity contribution in [1.29, 1.82) is 0 Å². The van der Waals surface area contributed by atoms with Gasteiger partial charge in [-0.2, -0.15) is 0 Å². The summed E-state index contributed by atoms with van der Waals surface area (Å²) >= 11 is 0. The summed E-state index contributed by atoms with van der Waals surface area (Å²) in [5.74, 6) is 2.66. The van der Waals surface area contributed by atoms with Crippen LogP contribution < -0.4 is 15.4 Å². The molecular formula is C20H35IN4O. The number of likely N-dealkylation sites (tertiary alicyclic amines) is 1. The Morgan fingerprint density at radius 3 is 2.62 bits per heavy atom. The van der Waals surface area contributed by atoms with Crippen molar-refractivity contribution >= 4 is 29.9 Å². The molecule has 0 amide bonds. The van der Waals surface area contributed by atoms with E-state index in [4.69, 9.17) is 9.73 Å². The van der Waals surface area contributed by atoms with E-state index in [-0.39, 0.29) is 24.0 Å². The van der Waals surface area contributed by atoms with E-state index in [1.54, 1.807) is 0 Å². The summed E-state index contributed by atoms with van der Waals surface area (Å²) in [5.41, 5.74) is 1.12. The summed E-state index contributed by atoms with van der Waals surface area (Å²) < 4.78 is 5.68. The lowest BCUT2D eigenvalue weighted by Gasteiger charge is -2.29. The van der Waals surface area contributed by atoms with Gasteiger partial charge in [-0.1, -0.05) is 18.2 Å². The van der Waals surface area contributed by atoms with E-state index in [0.29, 0.717) is 13.2 Å². The summed E-state index contributed by atoms with van der Waals surface area (Å²) in [7, 11) is 2.21. The minimum Gasteiger partial charge on any atom is -0.494 e. The van der Waals surface area contributed by atoms with Crippen LogP contribution in [0.5, 0.6) is 5.75 Å². The van der Waals surface area contributed by atoms with E-state index in [9.17, 15) is 0 Å². The van der Waals surface area contributed by atoms with Gasteiger partial charge in [0.25, 0.3) is 0 Å². The lowest BCUT2D eigenvalue weighted by atomic mass is 9.94. The molecular weight excluding hydrogens is 439 g/mol. The number of benzene rings is 1. The zero-order valence-electron chi connectivity index (χ0n) is 16.5. The van der Waals surface area contributed by atoms with Crippen LogP contribution in [0.15, 0.2) is 29.3 Å². The van der Waals surface area contributed by atoms with E-state index in [2.05, 4.69) is 35.6 Å². The quantitative estimate of drug-likeness (QED) is 0.344. The van der Waals surface area contributed by atoms with Crippen LogP contribution in [0, 0.1) is 5.92 Å². The maximum Gasteiger partial charge on any atom is 0.191 e. The molecule has 0 aromatic heterocycles. The predicted molar refractivity (Wildman–Crippen MR) is 121 cm³/mol. The number of hydrogen-bond acceptors (Lipinski definition) is 3. The third-order valence-corrected chi connectivity index (χ3v) is 4.71. The minimum absolute atomic E-state index is 0. The second-order valence-electron chi connectivity index (χ2n) is 6.70. The Morgan fingerprint density at radius 1 is 1.19 bits per heavy atom. The zero-order chi connectivity index (χ0) is 17.9. The SMILES string of the molecule is CCNC(=NCc1ccccc1OCC)NCCC1CCN(C)CC1.I. The fraction of sp³-hybridized carbons (Fsp3) is 0.650. The third kappa shape index (κ3) is 8.12. The van der Waals surface area contributed by atoms with Crippen LogP contribution in [0.3, 0.4) is 0 Å². The molecule has 0 atom stereocenters. The largest absolute Gasteiger partial charge is 0.494 e. The molecule has 0 bridgehead atoms. The van der Waals surface area contributed by atoms with E-state index in [0.717, 1.165) is 36.3 Å². The highest BCUT2D eigenvalue weighted by Gasteiger charge is 2.16. The molecule has 1 fully saturated rings. The molecule has 26 heavy (non-hydrogen) atoms. The first kappa shape index (κ1) is 23.0. The van der Waals surface area contributed by atoms with Gasteiger partial charge >= 0.3 is 0 Å². The number of aliphatic imine (C=N–C) groups is 1. The van der Waals surface area contributed by atoms with Crippen molar-refractivity contribution in [1.82, 2.24) is 15.5 Å². The van der Waals surface area contributed by atoms with E-state index < -0.39 is 0 Å². The minimum atomic E-state index is 0. The van der Waals surface area contributed by atoms with Crippen molar-refractivity contribution in [3.63, 3.8) is 0 Å². The van der Waals surface area contributed by atoms with Crippen LogP contribution in [-0.4, -0.2) is 50.7 Å². The number of hydrogen-bond donors (Lipinski definition) is 2. The smallest absolute Gasteiger partial charge is 0.191 e. The van der Waals surface area contributed by atoms with Gasteiger partial charge in [0.2, 0.25) is 0 Å². The molecule has 2 N–H and O–H groups in total. The molecule has 1 aromatic carbocycles. The Labute approximate surface area is 176 Å². The fourth-order valence-corrected chi connectivity index (χ4v) is 3.18. The van der Waals surface area contributed by atoms with Gasteiger partial charge in [-0.3, -0.25) is 0 Å². The van der Waals surface area contributed by atoms with Crippen molar-refractivity contribution in [3.8, 4) is 5.75 Å². The first-order valence-corrected chi connectivity index (χ1v) is 9.64. The van der Waals surface area contributed by atoms with E-state index >= 15 is 0 Å². The molecule has 1 aliphatic rings. The first-order valence-electron chi connectivity index (χ1n) is 9.64. The number of nitrogens with zero attached hydrogens (tertiary/aromatic N) is 2. The molecule has 1 aromatic rings. The Kier molecular flexibility index (Phi) is 11.7. The average molecular weight is 474 g/mol. The Morgan fingerprint density at radius 2 is 1.92 bits per heavy atom. The molecule has 0 aliphatic carbocycles. The molecule has 6 heteroatoms. The highest BCUT2D eigenvalue weighted by atomic mass is 127. The second kappa shape index (κ2) is 13.2.